The molecule has 0 spiro atoms. The van der Waals surface area contributed by atoms with Crippen molar-refractivity contribution in [2.45, 2.75) is 6.54 Å². The Labute approximate surface area is 129 Å². The average molecular weight is 302 g/mol. The van der Waals surface area contributed by atoms with Gasteiger partial charge >= 0.3 is 0 Å². The Kier molecular flexibility index (Phi) is 4.48. The second kappa shape index (κ2) is 6.70. The second-order valence-corrected chi connectivity index (χ2v) is 5.44. The molecule has 0 aliphatic carbocycles. The number of imidazole rings is 1. The molecule has 0 N–H and O–H groups in total. The molecule has 1 aromatic carbocycles. The number of carbonyl (C=O) groups is 1. The van der Waals surface area contributed by atoms with Crippen LogP contribution in [0.1, 0.15) is 10.4 Å². The van der Waals surface area contributed by atoms with E-state index in [-0.39, 0.29) is 11.7 Å². The van der Waals surface area contributed by atoms with E-state index in [1.165, 1.54) is 12.1 Å². The van der Waals surface area contributed by atoms with Gasteiger partial charge in [0, 0.05) is 57.2 Å². The molecular formula is C16H19FN4O. The first-order chi connectivity index (χ1) is 10.7. The van der Waals surface area contributed by atoms with Crippen molar-refractivity contribution in [2.75, 3.05) is 32.7 Å². The van der Waals surface area contributed by atoms with E-state index < -0.39 is 0 Å². The SMILES string of the molecule is O=C(c1cccc(F)c1)N1CCN(CCn2ccnc2)CC1. The minimum atomic E-state index is -0.371. The molecule has 3 rings (SSSR count). The van der Waals surface area contributed by atoms with Crippen LogP contribution in [0.25, 0.3) is 0 Å². The molecule has 0 saturated carbocycles. The lowest BCUT2D eigenvalue weighted by molar-refractivity contribution is 0.0632. The van der Waals surface area contributed by atoms with Gasteiger partial charge in [0.25, 0.3) is 5.91 Å². The summed E-state index contributed by atoms with van der Waals surface area (Å²) in [6.45, 7) is 4.89. The lowest BCUT2D eigenvalue weighted by Gasteiger charge is -2.34. The van der Waals surface area contributed by atoms with Crippen molar-refractivity contribution in [3.63, 3.8) is 0 Å². The number of nitrogens with zero attached hydrogens (tertiary/aromatic N) is 4. The van der Waals surface area contributed by atoms with Crippen molar-refractivity contribution in [2.24, 2.45) is 0 Å². The highest BCUT2D eigenvalue weighted by atomic mass is 19.1. The maximum absolute atomic E-state index is 13.2. The summed E-state index contributed by atoms with van der Waals surface area (Å²) in [5, 5.41) is 0. The number of aromatic nitrogens is 2. The van der Waals surface area contributed by atoms with Crippen LogP contribution < -0.4 is 0 Å². The Morgan fingerprint density at radius 2 is 2.00 bits per heavy atom. The smallest absolute Gasteiger partial charge is 0.254 e. The minimum absolute atomic E-state index is 0.0891. The molecule has 1 amide bonds. The van der Waals surface area contributed by atoms with Gasteiger partial charge in [-0.15, -0.1) is 0 Å². The second-order valence-electron chi connectivity index (χ2n) is 5.44. The van der Waals surface area contributed by atoms with Gasteiger partial charge in [-0.05, 0) is 18.2 Å². The van der Waals surface area contributed by atoms with Gasteiger partial charge in [0.15, 0.2) is 0 Å². The molecule has 1 aliphatic heterocycles. The first-order valence-corrected chi connectivity index (χ1v) is 7.45. The Hall–Kier alpha value is -2.21. The summed E-state index contributed by atoms with van der Waals surface area (Å²) in [6, 6.07) is 5.89. The number of benzene rings is 1. The summed E-state index contributed by atoms with van der Waals surface area (Å²) in [4.78, 5) is 20.5. The maximum atomic E-state index is 13.2. The molecule has 116 valence electrons. The monoisotopic (exact) mass is 302 g/mol. The van der Waals surface area contributed by atoms with Crippen LogP contribution in [0.2, 0.25) is 0 Å². The molecular weight excluding hydrogens is 283 g/mol. The van der Waals surface area contributed by atoms with E-state index in [9.17, 15) is 9.18 Å². The van der Waals surface area contributed by atoms with Crippen LogP contribution in [-0.4, -0.2) is 58.0 Å². The van der Waals surface area contributed by atoms with Crippen molar-refractivity contribution >= 4 is 5.91 Å². The van der Waals surface area contributed by atoms with Gasteiger partial charge in [0.05, 0.1) is 6.33 Å². The third-order valence-corrected chi connectivity index (χ3v) is 3.96. The summed E-state index contributed by atoms with van der Waals surface area (Å²) >= 11 is 0. The molecule has 0 radical (unpaired) electrons. The number of hydrogen-bond acceptors (Lipinski definition) is 3. The van der Waals surface area contributed by atoms with E-state index in [1.54, 1.807) is 23.2 Å². The fraction of sp³-hybridized carbons (Fsp3) is 0.375. The minimum Gasteiger partial charge on any atom is -0.336 e. The zero-order valence-corrected chi connectivity index (χ0v) is 12.4. The number of halogens is 1. The Morgan fingerprint density at radius 1 is 1.18 bits per heavy atom. The summed E-state index contributed by atoms with van der Waals surface area (Å²) in [5.41, 5.74) is 0.423. The molecule has 2 heterocycles. The third-order valence-electron chi connectivity index (χ3n) is 3.96. The van der Waals surface area contributed by atoms with E-state index in [0.717, 1.165) is 26.2 Å². The number of carbonyl (C=O) groups excluding carboxylic acids is 1. The molecule has 5 nitrogen and oxygen atoms in total. The number of hydrogen-bond donors (Lipinski definition) is 0. The van der Waals surface area contributed by atoms with E-state index in [1.807, 2.05) is 17.1 Å². The lowest BCUT2D eigenvalue weighted by atomic mass is 10.1. The van der Waals surface area contributed by atoms with E-state index in [2.05, 4.69) is 9.88 Å². The van der Waals surface area contributed by atoms with Crippen LogP contribution in [0.3, 0.4) is 0 Å². The van der Waals surface area contributed by atoms with E-state index >= 15 is 0 Å². The zero-order chi connectivity index (χ0) is 15.4. The van der Waals surface area contributed by atoms with Gasteiger partial charge in [0.2, 0.25) is 0 Å². The van der Waals surface area contributed by atoms with Crippen molar-refractivity contribution in [3.05, 3.63) is 54.4 Å². The standard InChI is InChI=1S/C16H19FN4O/c17-15-3-1-2-14(12-15)16(22)21-10-8-19(9-11-21)6-7-20-5-4-18-13-20/h1-5,12-13H,6-11H2. The quantitative estimate of drug-likeness (QED) is 0.859. The van der Waals surface area contributed by atoms with Gasteiger partial charge in [-0.25, -0.2) is 9.37 Å². The van der Waals surface area contributed by atoms with Crippen LogP contribution in [-0.2, 0) is 6.54 Å². The predicted molar refractivity (Wildman–Crippen MR) is 81.0 cm³/mol. The van der Waals surface area contributed by atoms with Gasteiger partial charge in [-0.2, -0.15) is 0 Å². The average Bonchev–Trinajstić information content (AvgIpc) is 3.06. The van der Waals surface area contributed by atoms with E-state index in [4.69, 9.17) is 0 Å². The highest BCUT2D eigenvalue weighted by Gasteiger charge is 2.22. The molecule has 1 fully saturated rings. The summed E-state index contributed by atoms with van der Waals surface area (Å²) in [5.74, 6) is -0.460. The van der Waals surface area contributed by atoms with Crippen molar-refractivity contribution in [3.8, 4) is 0 Å². The maximum Gasteiger partial charge on any atom is 0.254 e. The van der Waals surface area contributed by atoms with Crippen LogP contribution in [0.15, 0.2) is 43.0 Å². The number of piperazine rings is 1. The molecule has 22 heavy (non-hydrogen) atoms. The Morgan fingerprint density at radius 3 is 2.68 bits per heavy atom. The first kappa shape index (κ1) is 14.7. The van der Waals surface area contributed by atoms with Gasteiger partial charge in [-0.1, -0.05) is 6.07 Å². The lowest BCUT2D eigenvalue weighted by Crippen LogP contribution is -2.49. The van der Waals surface area contributed by atoms with Crippen LogP contribution in [0.4, 0.5) is 4.39 Å². The normalized spacial score (nSPS) is 16.0. The van der Waals surface area contributed by atoms with Gasteiger partial charge < -0.3 is 9.47 Å². The van der Waals surface area contributed by atoms with Crippen LogP contribution >= 0.6 is 0 Å². The van der Waals surface area contributed by atoms with Crippen LogP contribution in [0, 0.1) is 5.82 Å². The molecule has 0 unspecified atom stereocenters. The molecule has 1 aromatic heterocycles. The van der Waals surface area contributed by atoms with Crippen molar-refractivity contribution < 1.29 is 9.18 Å². The molecule has 1 aliphatic rings. The zero-order valence-electron chi connectivity index (χ0n) is 12.4. The van der Waals surface area contributed by atoms with Crippen molar-refractivity contribution in [1.29, 1.82) is 0 Å². The first-order valence-electron chi connectivity index (χ1n) is 7.45. The fourth-order valence-electron chi connectivity index (χ4n) is 2.65. The molecule has 1 saturated heterocycles. The number of rotatable bonds is 4. The fourth-order valence-corrected chi connectivity index (χ4v) is 2.65. The molecule has 2 aromatic rings. The summed E-state index contributed by atoms with van der Waals surface area (Å²) < 4.78 is 15.3. The van der Waals surface area contributed by atoms with Gasteiger partial charge in [-0.3, -0.25) is 9.69 Å². The third kappa shape index (κ3) is 3.51. The van der Waals surface area contributed by atoms with Crippen molar-refractivity contribution in [1.82, 2.24) is 19.4 Å². The van der Waals surface area contributed by atoms with Gasteiger partial charge in [0.1, 0.15) is 5.82 Å². The topological polar surface area (TPSA) is 41.4 Å². The largest absolute Gasteiger partial charge is 0.336 e. The predicted octanol–water partition coefficient (Wildman–Crippen LogP) is 1.48. The van der Waals surface area contributed by atoms with E-state index in [0.29, 0.717) is 18.7 Å². The highest BCUT2D eigenvalue weighted by Crippen LogP contribution is 2.10. The molecule has 0 bridgehead atoms. The molecule has 0 atom stereocenters. The summed E-state index contributed by atoms with van der Waals surface area (Å²) in [6.07, 6.45) is 5.53. The Balaban J connectivity index is 1.50. The Bertz CT molecular complexity index is 621. The number of amides is 1. The van der Waals surface area contributed by atoms with Crippen LogP contribution in [0.5, 0.6) is 0 Å². The highest BCUT2D eigenvalue weighted by molar-refractivity contribution is 5.94. The molecule has 6 heteroatoms. The summed E-state index contributed by atoms with van der Waals surface area (Å²) in [7, 11) is 0.